The number of hydrogen-bond acceptors (Lipinski definition) is 6. The van der Waals surface area contributed by atoms with Gasteiger partial charge in [-0.1, -0.05) is 12.1 Å². The highest BCUT2D eigenvalue weighted by Gasteiger charge is 2.32. The Kier molecular flexibility index (Phi) is 6.13. The quantitative estimate of drug-likeness (QED) is 0.736. The molecule has 1 N–H and O–H groups in total. The zero-order valence-electron chi connectivity index (χ0n) is 11.7. The molecule has 0 aromatic carbocycles. The van der Waals surface area contributed by atoms with Gasteiger partial charge in [-0.2, -0.15) is 16.7 Å². The Labute approximate surface area is 118 Å². The standard InChI is InChI=1S/C13H23N3O2S/c1-3-6-14-11-9-19-8-10(11)13-15-12(16-18-13)5-4-7-17-2/h10-11,14H,3-9H2,1-2H3. The van der Waals surface area contributed by atoms with Gasteiger partial charge < -0.3 is 14.6 Å². The number of ether oxygens (including phenoxy) is 1. The van der Waals surface area contributed by atoms with E-state index in [0.717, 1.165) is 55.6 Å². The van der Waals surface area contributed by atoms with Crippen molar-refractivity contribution in [3.8, 4) is 0 Å². The number of hydrogen-bond donors (Lipinski definition) is 1. The number of aromatic nitrogens is 2. The number of aryl methyl sites for hydroxylation is 1. The molecule has 0 saturated carbocycles. The number of rotatable bonds is 8. The second-order valence-corrected chi connectivity index (χ2v) is 5.92. The fourth-order valence-electron chi connectivity index (χ4n) is 2.22. The molecule has 2 rings (SSSR count). The molecule has 2 atom stereocenters. The van der Waals surface area contributed by atoms with Gasteiger partial charge in [0.25, 0.3) is 0 Å². The van der Waals surface area contributed by atoms with Gasteiger partial charge in [-0.05, 0) is 19.4 Å². The average molecular weight is 285 g/mol. The van der Waals surface area contributed by atoms with Crippen LogP contribution in [0.15, 0.2) is 4.52 Å². The minimum atomic E-state index is 0.361. The Hall–Kier alpha value is -0.590. The van der Waals surface area contributed by atoms with Crippen molar-refractivity contribution in [2.45, 2.75) is 38.1 Å². The lowest BCUT2D eigenvalue weighted by atomic mass is 10.0. The summed E-state index contributed by atoms with van der Waals surface area (Å²) in [6, 6.07) is 0.470. The molecule has 0 bridgehead atoms. The van der Waals surface area contributed by atoms with Crippen molar-refractivity contribution in [2.24, 2.45) is 0 Å². The lowest BCUT2D eigenvalue weighted by Crippen LogP contribution is -2.34. The molecule has 5 nitrogen and oxygen atoms in total. The first kappa shape index (κ1) is 14.8. The Morgan fingerprint density at radius 3 is 3.16 bits per heavy atom. The fraction of sp³-hybridized carbons (Fsp3) is 0.846. The molecule has 0 amide bonds. The second kappa shape index (κ2) is 7.87. The zero-order valence-corrected chi connectivity index (χ0v) is 12.5. The molecule has 1 fully saturated rings. The maximum Gasteiger partial charge on any atom is 0.232 e. The summed E-state index contributed by atoms with van der Waals surface area (Å²) in [5, 5.41) is 7.64. The largest absolute Gasteiger partial charge is 0.385 e. The van der Waals surface area contributed by atoms with Crippen LogP contribution in [0.4, 0.5) is 0 Å². The molecule has 6 heteroatoms. The molecule has 0 spiro atoms. The van der Waals surface area contributed by atoms with Gasteiger partial charge in [-0.3, -0.25) is 0 Å². The summed E-state index contributed by atoms with van der Waals surface area (Å²) in [7, 11) is 1.71. The highest BCUT2D eigenvalue weighted by atomic mass is 32.2. The predicted octanol–water partition coefficient (Wildman–Crippen LogP) is 1.85. The van der Waals surface area contributed by atoms with E-state index in [1.165, 1.54) is 0 Å². The molecule has 1 saturated heterocycles. The average Bonchev–Trinajstić information content (AvgIpc) is 3.05. The van der Waals surface area contributed by atoms with E-state index in [2.05, 4.69) is 22.4 Å². The monoisotopic (exact) mass is 285 g/mol. The van der Waals surface area contributed by atoms with Crippen LogP contribution in [0.3, 0.4) is 0 Å². The number of nitrogens with one attached hydrogen (secondary N) is 1. The molecule has 1 aromatic rings. The summed E-state index contributed by atoms with van der Waals surface area (Å²) in [4.78, 5) is 4.54. The van der Waals surface area contributed by atoms with Crippen molar-refractivity contribution in [1.82, 2.24) is 15.5 Å². The first-order valence-corrected chi connectivity index (χ1v) is 8.13. The number of thioether (sulfide) groups is 1. The number of nitrogens with zero attached hydrogens (tertiary/aromatic N) is 2. The Morgan fingerprint density at radius 2 is 2.37 bits per heavy atom. The molecule has 1 aliphatic rings. The van der Waals surface area contributed by atoms with Gasteiger partial charge >= 0.3 is 0 Å². The fourth-order valence-corrected chi connectivity index (χ4v) is 3.59. The SMILES string of the molecule is CCCNC1CSCC1c1nc(CCCOC)no1. The summed E-state index contributed by atoms with van der Waals surface area (Å²) in [6.45, 7) is 3.98. The summed E-state index contributed by atoms with van der Waals surface area (Å²) in [6.07, 6.45) is 2.91. The van der Waals surface area contributed by atoms with E-state index in [1.54, 1.807) is 7.11 Å². The summed E-state index contributed by atoms with van der Waals surface area (Å²) < 4.78 is 10.5. The molecule has 108 valence electrons. The van der Waals surface area contributed by atoms with Gasteiger partial charge in [0.15, 0.2) is 5.82 Å². The van der Waals surface area contributed by atoms with Crippen LogP contribution in [0, 0.1) is 0 Å². The zero-order chi connectivity index (χ0) is 13.5. The number of methoxy groups -OCH3 is 1. The molecule has 0 radical (unpaired) electrons. The minimum absolute atomic E-state index is 0.361. The third kappa shape index (κ3) is 4.19. The van der Waals surface area contributed by atoms with Crippen LogP contribution in [0.1, 0.15) is 37.4 Å². The molecule has 2 unspecified atom stereocenters. The topological polar surface area (TPSA) is 60.2 Å². The van der Waals surface area contributed by atoms with E-state index in [9.17, 15) is 0 Å². The van der Waals surface area contributed by atoms with Crippen LogP contribution in [0.5, 0.6) is 0 Å². The van der Waals surface area contributed by atoms with Crippen LogP contribution >= 0.6 is 11.8 Å². The Bertz CT molecular complexity index is 373. The maximum absolute atomic E-state index is 5.43. The van der Waals surface area contributed by atoms with Gasteiger partial charge in [-0.15, -0.1) is 0 Å². The first-order valence-electron chi connectivity index (χ1n) is 6.97. The van der Waals surface area contributed by atoms with Crippen molar-refractivity contribution in [1.29, 1.82) is 0 Å². The van der Waals surface area contributed by atoms with Gasteiger partial charge in [0, 0.05) is 37.7 Å². The summed E-state index contributed by atoms with van der Waals surface area (Å²) in [5.41, 5.74) is 0. The van der Waals surface area contributed by atoms with Crippen LogP contribution in [-0.4, -0.2) is 47.9 Å². The van der Waals surface area contributed by atoms with Crippen molar-refractivity contribution < 1.29 is 9.26 Å². The summed E-state index contributed by atoms with van der Waals surface area (Å²) >= 11 is 1.96. The van der Waals surface area contributed by atoms with Gasteiger partial charge in [0.05, 0.1) is 5.92 Å². The van der Waals surface area contributed by atoms with E-state index in [4.69, 9.17) is 9.26 Å². The van der Waals surface area contributed by atoms with E-state index < -0.39 is 0 Å². The minimum Gasteiger partial charge on any atom is -0.385 e. The van der Waals surface area contributed by atoms with E-state index in [1.807, 2.05) is 11.8 Å². The Morgan fingerprint density at radius 1 is 1.47 bits per heavy atom. The molecule has 2 heterocycles. The van der Waals surface area contributed by atoms with Crippen molar-refractivity contribution in [3.63, 3.8) is 0 Å². The highest BCUT2D eigenvalue weighted by molar-refractivity contribution is 7.99. The van der Waals surface area contributed by atoms with Crippen molar-refractivity contribution in [2.75, 3.05) is 31.8 Å². The van der Waals surface area contributed by atoms with Gasteiger partial charge in [0.2, 0.25) is 5.89 Å². The van der Waals surface area contributed by atoms with Gasteiger partial charge in [-0.25, -0.2) is 0 Å². The first-order chi connectivity index (χ1) is 9.35. The van der Waals surface area contributed by atoms with Crippen LogP contribution in [-0.2, 0) is 11.2 Å². The third-order valence-electron chi connectivity index (χ3n) is 3.29. The lowest BCUT2D eigenvalue weighted by Gasteiger charge is -2.16. The molecular weight excluding hydrogens is 262 g/mol. The van der Waals surface area contributed by atoms with E-state index in [0.29, 0.717) is 12.0 Å². The highest BCUT2D eigenvalue weighted by Crippen LogP contribution is 2.32. The molecule has 1 aliphatic heterocycles. The van der Waals surface area contributed by atoms with Crippen LogP contribution in [0.2, 0.25) is 0 Å². The van der Waals surface area contributed by atoms with Crippen molar-refractivity contribution in [3.05, 3.63) is 11.7 Å². The van der Waals surface area contributed by atoms with E-state index in [-0.39, 0.29) is 0 Å². The van der Waals surface area contributed by atoms with E-state index >= 15 is 0 Å². The predicted molar refractivity (Wildman–Crippen MR) is 76.6 cm³/mol. The van der Waals surface area contributed by atoms with Crippen LogP contribution in [0.25, 0.3) is 0 Å². The normalized spacial score (nSPS) is 23.1. The third-order valence-corrected chi connectivity index (χ3v) is 4.48. The molecule has 1 aromatic heterocycles. The maximum atomic E-state index is 5.43. The Balaban J connectivity index is 1.89. The molecule has 0 aliphatic carbocycles. The second-order valence-electron chi connectivity index (χ2n) is 4.85. The summed E-state index contributed by atoms with van der Waals surface area (Å²) in [5.74, 6) is 4.16. The lowest BCUT2D eigenvalue weighted by molar-refractivity contribution is 0.194. The smallest absolute Gasteiger partial charge is 0.232 e. The van der Waals surface area contributed by atoms with Crippen LogP contribution < -0.4 is 5.32 Å². The molecular formula is C13H23N3O2S. The molecule has 19 heavy (non-hydrogen) atoms. The van der Waals surface area contributed by atoms with Crippen molar-refractivity contribution >= 4 is 11.8 Å². The van der Waals surface area contributed by atoms with Gasteiger partial charge in [0.1, 0.15) is 0 Å².